The summed E-state index contributed by atoms with van der Waals surface area (Å²) in [5.74, 6) is 0.180. The summed E-state index contributed by atoms with van der Waals surface area (Å²) in [4.78, 5) is 0. The maximum absolute atomic E-state index is 13.6. The lowest BCUT2D eigenvalue weighted by Gasteiger charge is -2.36. The quantitative estimate of drug-likeness (QED) is 0.796. The Morgan fingerprint density at radius 1 is 1.37 bits per heavy atom. The number of ether oxygens (including phenoxy) is 2. The number of allylic oxidation sites excluding steroid dienone is 1. The van der Waals surface area contributed by atoms with Crippen LogP contribution in [0.1, 0.15) is 40.0 Å². The highest BCUT2D eigenvalue weighted by Gasteiger charge is 2.62. The van der Waals surface area contributed by atoms with Gasteiger partial charge in [-0.25, -0.2) is 0 Å². The minimum atomic E-state index is -3.55. The van der Waals surface area contributed by atoms with E-state index in [9.17, 15) is 8.78 Å². The second-order valence-electron chi connectivity index (χ2n) is 6.06. The fourth-order valence-electron chi connectivity index (χ4n) is 3.73. The summed E-state index contributed by atoms with van der Waals surface area (Å²) < 4.78 is 36.9. The van der Waals surface area contributed by atoms with Gasteiger partial charge in [0.2, 0.25) is 0 Å². The lowest BCUT2D eigenvalue weighted by atomic mass is 9.74. The average Bonchev–Trinajstić information content (AvgIpc) is 2.81. The van der Waals surface area contributed by atoms with Crippen molar-refractivity contribution in [3.63, 3.8) is 0 Å². The molecule has 3 rings (SSSR count). The minimum Gasteiger partial charge on any atom is -0.410 e. The van der Waals surface area contributed by atoms with Gasteiger partial charge in [0.1, 0.15) is 11.4 Å². The van der Waals surface area contributed by atoms with E-state index in [4.69, 9.17) is 15.2 Å². The molecule has 0 amide bonds. The summed E-state index contributed by atoms with van der Waals surface area (Å²) in [6.45, 7) is 5.57. The highest BCUT2D eigenvalue weighted by molar-refractivity contribution is 5.48. The van der Waals surface area contributed by atoms with E-state index in [1.165, 1.54) is 0 Å². The second-order valence-corrected chi connectivity index (χ2v) is 6.06. The van der Waals surface area contributed by atoms with Gasteiger partial charge < -0.3 is 10.5 Å². The number of halogens is 2. The van der Waals surface area contributed by atoms with Crippen LogP contribution in [-0.4, -0.2) is 11.9 Å². The maximum Gasteiger partial charge on any atom is 0.536 e. The predicted molar refractivity (Wildman–Crippen MR) is 65.9 cm³/mol. The van der Waals surface area contributed by atoms with Gasteiger partial charge in [-0.2, -0.15) is 0 Å². The van der Waals surface area contributed by atoms with Gasteiger partial charge in [-0.3, -0.25) is 4.74 Å². The predicted octanol–water partition coefficient (Wildman–Crippen LogP) is 3.28. The summed E-state index contributed by atoms with van der Waals surface area (Å²) in [5, 5.41) is 0. The summed E-state index contributed by atoms with van der Waals surface area (Å²) in [6.07, 6.45) is -0.905. The third-order valence-corrected chi connectivity index (χ3v) is 4.49. The average molecular weight is 271 g/mol. The van der Waals surface area contributed by atoms with E-state index in [-0.39, 0.29) is 17.6 Å². The van der Waals surface area contributed by atoms with Crippen LogP contribution < -0.4 is 5.73 Å². The number of fused-ring (bicyclic) bond motifs is 3. The molecule has 1 saturated carbocycles. The molecule has 0 aromatic heterocycles. The van der Waals surface area contributed by atoms with Crippen LogP contribution in [0, 0.1) is 11.8 Å². The maximum atomic E-state index is 13.6. The highest BCUT2D eigenvalue weighted by atomic mass is 19.3. The van der Waals surface area contributed by atoms with Gasteiger partial charge in [-0.15, -0.1) is 8.78 Å². The smallest absolute Gasteiger partial charge is 0.410 e. The van der Waals surface area contributed by atoms with Crippen LogP contribution in [0.2, 0.25) is 0 Å². The Labute approximate surface area is 111 Å². The molecule has 2 aliphatic carbocycles. The van der Waals surface area contributed by atoms with Crippen LogP contribution in [0.5, 0.6) is 0 Å². The highest BCUT2D eigenvalue weighted by Crippen LogP contribution is 2.57. The Bertz CT molecular complexity index is 496. The van der Waals surface area contributed by atoms with Crippen molar-refractivity contribution >= 4 is 0 Å². The number of rotatable bonds is 1. The SMILES string of the molecule is CC(C)C1=C2OC(F)(F)OC2(C)C2CCCC2=C1N. The molecule has 0 bridgehead atoms. The van der Waals surface area contributed by atoms with E-state index < -0.39 is 11.9 Å². The third kappa shape index (κ3) is 1.64. The molecule has 2 N–H and O–H groups in total. The van der Waals surface area contributed by atoms with Gasteiger partial charge in [0.15, 0.2) is 0 Å². The van der Waals surface area contributed by atoms with Crippen LogP contribution in [-0.2, 0) is 9.47 Å². The lowest BCUT2D eigenvalue weighted by Crippen LogP contribution is -2.41. The molecule has 0 aromatic carbocycles. The molecular formula is C14H19F2NO2. The molecule has 0 radical (unpaired) electrons. The van der Waals surface area contributed by atoms with Gasteiger partial charge in [0.05, 0.1) is 0 Å². The normalized spacial score (nSPS) is 36.6. The van der Waals surface area contributed by atoms with E-state index in [2.05, 4.69) is 0 Å². The van der Waals surface area contributed by atoms with Crippen molar-refractivity contribution in [3.05, 3.63) is 22.6 Å². The van der Waals surface area contributed by atoms with Crippen molar-refractivity contribution in [3.8, 4) is 0 Å². The molecule has 106 valence electrons. The number of alkyl halides is 2. The van der Waals surface area contributed by atoms with Crippen LogP contribution in [0.4, 0.5) is 8.78 Å². The number of hydrogen-bond acceptors (Lipinski definition) is 3. The zero-order valence-corrected chi connectivity index (χ0v) is 11.4. The number of nitrogens with two attached hydrogens (primary N) is 1. The molecule has 1 saturated heterocycles. The summed E-state index contributed by atoms with van der Waals surface area (Å²) >= 11 is 0. The summed E-state index contributed by atoms with van der Waals surface area (Å²) in [6, 6.07) is 0. The molecule has 3 nitrogen and oxygen atoms in total. The fourth-order valence-corrected chi connectivity index (χ4v) is 3.73. The zero-order valence-electron chi connectivity index (χ0n) is 11.4. The molecule has 3 aliphatic rings. The van der Waals surface area contributed by atoms with Crippen LogP contribution >= 0.6 is 0 Å². The van der Waals surface area contributed by atoms with Crippen molar-refractivity contribution < 1.29 is 18.3 Å². The van der Waals surface area contributed by atoms with Gasteiger partial charge in [0, 0.05) is 17.2 Å². The Kier molecular flexibility index (Phi) is 2.53. The monoisotopic (exact) mass is 271 g/mol. The molecule has 2 fully saturated rings. The first-order valence-electron chi connectivity index (χ1n) is 6.77. The first-order chi connectivity index (χ1) is 8.76. The fraction of sp³-hybridized carbons (Fsp3) is 0.714. The molecule has 5 heteroatoms. The van der Waals surface area contributed by atoms with Crippen LogP contribution in [0.15, 0.2) is 22.6 Å². The van der Waals surface area contributed by atoms with Crippen LogP contribution in [0.25, 0.3) is 0 Å². The van der Waals surface area contributed by atoms with Crippen molar-refractivity contribution in [2.24, 2.45) is 17.6 Å². The van der Waals surface area contributed by atoms with Crippen molar-refractivity contribution in [1.82, 2.24) is 0 Å². The molecule has 2 atom stereocenters. The van der Waals surface area contributed by atoms with E-state index in [0.717, 1.165) is 24.8 Å². The molecule has 0 spiro atoms. The Hall–Kier alpha value is -1.10. The van der Waals surface area contributed by atoms with E-state index >= 15 is 0 Å². The third-order valence-electron chi connectivity index (χ3n) is 4.49. The minimum absolute atomic E-state index is 0.0286. The second kappa shape index (κ2) is 3.72. The molecule has 2 unspecified atom stereocenters. The largest absolute Gasteiger partial charge is 0.536 e. The molecule has 1 heterocycles. The Morgan fingerprint density at radius 2 is 2.05 bits per heavy atom. The van der Waals surface area contributed by atoms with Gasteiger partial charge in [0.25, 0.3) is 0 Å². The Morgan fingerprint density at radius 3 is 2.68 bits per heavy atom. The molecule has 1 aliphatic heterocycles. The summed E-state index contributed by atoms with van der Waals surface area (Å²) in [7, 11) is 0. The molecular weight excluding hydrogens is 252 g/mol. The summed E-state index contributed by atoms with van der Waals surface area (Å²) in [5.41, 5.74) is 7.54. The standard InChI is InChI=1S/C14H19F2NO2/c1-7(2)10-11(17)8-5-4-6-9(8)13(3)12(10)18-14(15,16)19-13/h7,9H,4-6,17H2,1-3H3. The molecule has 19 heavy (non-hydrogen) atoms. The van der Waals surface area contributed by atoms with E-state index in [1.807, 2.05) is 13.8 Å². The van der Waals surface area contributed by atoms with Crippen LogP contribution in [0.3, 0.4) is 0 Å². The van der Waals surface area contributed by atoms with Gasteiger partial charge in [-0.1, -0.05) is 13.8 Å². The zero-order chi connectivity index (χ0) is 14.0. The molecule has 0 aromatic rings. The van der Waals surface area contributed by atoms with Crippen molar-refractivity contribution in [1.29, 1.82) is 0 Å². The Balaban J connectivity index is 2.20. The van der Waals surface area contributed by atoms with Crippen molar-refractivity contribution in [2.75, 3.05) is 0 Å². The topological polar surface area (TPSA) is 44.5 Å². The van der Waals surface area contributed by atoms with Gasteiger partial charge in [-0.05, 0) is 37.7 Å². The first-order valence-corrected chi connectivity index (χ1v) is 6.77. The van der Waals surface area contributed by atoms with Gasteiger partial charge >= 0.3 is 6.29 Å². The first kappa shape index (κ1) is 12.9. The van der Waals surface area contributed by atoms with E-state index in [1.54, 1.807) is 6.92 Å². The lowest BCUT2D eigenvalue weighted by molar-refractivity contribution is -0.354. The van der Waals surface area contributed by atoms with Crippen molar-refractivity contribution in [2.45, 2.75) is 51.9 Å². The van der Waals surface area contributed by atoms with E-state index in [0.29, 0.717) is 11.3 Å². The number of hydrogen-bond donors (Lipinski definition) is 1.